The number of sulfone groups is 1. The molecule has 1 N–H and O–H groups in total. The fourth-order valence-corrected chi connectivity index (χ4v) is 3.49. The Bertz CT molecular complexity index is 762. The number of hydrogen-bond acceptors (Lipinski definition) is 4. The Morgan fingerprint density at radius 1 is 1.05 bits per heavy atom. The van der Waals surface area contributed by atoms with Gasteiger partial charge in [-0.15, -0.1) is 24.8 Å². The third kappa shape index (κ3) is 3.87. The van der Waals surface area contributed by atoms with Crippen LogP contribution in [0, 0.1) is 0 Å². The summed E-state index contributed by atoms with van der Waals surface area (Å²) in [6, 6.07) is 9.27. The molecule has 118 valence electrons. The highest BCUT2D eigenvalue weighted by molar-refractivity contribution is 7.94. The van der Waals surface area contributed by atoms with Gasteiger partial charge in [-0.1, -0.05) is 18.2 Å². The number of halogens is 2. The molecule has 0 saturated carbocycles. The Morgan fingerprint density at radius 2 is 1.86 bits per heavy atom. The van der Waals surface area contributed by atoms with Crippen molar-refractivity contribution in [1.82, 2.24) is 10.3 Å². The van der Waals surface area contributed by atoms with Crippen LogP contribution in [0.2, 0.25) is 0 Å². The van der Waals surface area contributed by atoms with Crippen molar-refractivity contribution in [3.8, 4) is 0 Å². The van der Waals surface area contributed by atoms with E-state index in [9.17, 15) is 8.42 Å². The Morgan fingerprint density at radius 3 is 2.59 bits per heavy atom. The SMILES string of the molecule is Cl.Cl.O=S1(=O)C=Cc2c(CNCc3cccnc3)cccc21. The number of hydrogen-bond donors (Lipinski definition) is 1. The number of rotatable bonds is 4. The van der Waals surface area contributed by atoms with Crippen LogP contribution in [0.3, 0.4) is 0 Å². The first-order valence-electron chi connectivity index (χ1n) is 6.31. The van der Waals surface area contributed by atoms with Crippen LogP contribution in [0.25, 0.3) is 6.08 Å². The van der Waals surface area contributed by atoms with Crippen molar-refractivity contribution in [2.75, 3.05) is 0 Å². The van der Waals surface area contributed by atoms with Crippen molar-refractivity contribution in [2.45, 2.75) is 18.0 Å². The van der Waals surface area contributed by atoms with Crippen LogP contribution in [0.1, 0.15) is 16.7 Å². The van der Waals surface area contributed by atoms with Crippen LogP contribution in [0.4, 0.5) is 0 Å². The normalized spacial score (nSPS) is 13.8. The molecule has 1 aliphatic rings. The number of fused-ring (bicyclic) bond motifs is 1. The summed E-state index contributed by atoms with van der Waals surface area (Å²) in [5, 5.41) is 4.57. The zero-order valence-electron chi connectivity index (χ0n) is 11.6. The summed E-state index contributed by atoms with van der Waals surface area (Å²) in [7, 11) is -3.22. The molecule has 1 aromatic heterocycles. The standard InChI is InChI=1S/C15H14N2O2S.2ClH/c18-20(19)8-6-14-13(4-1-5-15(14)20)11-17-10-12-3-2-7-16-9-12;;/h1-9,17H,10-11H2;2*1H. The minimum absolute atomic E-state index is 0. The summed E-state index contributed by atoms with van der Waals surface area (Å²) in [6.07, 6.45) is 5.22. The summed E-state index contributed by atoms with van der Waals surface area (Å²) in [5.41, 5.74) is 2.89. The van der Waals surface area contributed by atoms with Gasteiger partial charge in [0.2, 0.25) is 0 Å². The number of pyridine rings is 1. The molecule has 0 fully saturated rings. The van der Waals surface area contributed by atoms with E-state index >= 15 is 0 Å². The van der Waals surface area contributed by atoms with E-state index in [4.69, 9.17) is 0 Å². The average Bonchev–Trinajstić information content (AvgIpc) is 2.77. The smallest absolute Gasteiger partial charge is 0.200 e. The molecule has 7 heteroatoms. The van der Waals surface area contributed by atoms with Gasteiger partial charge in [0.05, 0.1) is 4.90 Å². The van der Waals surface area contributed by atoms with E-state index in [2.05, 4.69) is 10.3 Å². The minimum atomic E-state index is -3.22. The molecular formula is C15H16Cl2N2O2S. The third-order valence-corrected chi connectivity index (χ3v) is 4.71. The first kappa shape index (κ1) is 18.6. The molecule has 0 unspecified atom stereocenters. The van der Waals surface area contributed by atoms with Gasteiger partial charge in [0.25, 0.3) is 0 Å². The minimum Gasteiger partial charge on any atom is -0.309 e. The fourth-order valence-electron chi connectivity index (χ4n) is 2.26. The Kier molecular flexibility index (Phi) is 6.56. The maximum atomic E-state index is 11.8. The van der Waals surface area contributed by atoms with Gasteiger partial charge in [0.15, 0.2) is 9.84 Å². The lowest BCUT2D eigenvalue weighted by molar-refractivity contribution is 0.605. The number of nitrogens with one attached hydrogen (secondary N) is 1. The number of nitrogens with zero attached hydrogens (tertiary/aromatic N) is 1. The molecule has 22 heavy (non-hydrogen) atoms. The van der Waals surface area contributed by atoms with Gasteiger partial charge in [-0.05, 0) is 34.9 Å². The molecule has 2 heterocycles. The molecular weight excluding hydrogens is 343 g/mol. The lowest BCUT2D eigenvalue weighted by Gasteiger charge is -2.08. The molecule has 0 aliphatic carbocycles. The van der Waals surface area contributed by atoms with E-state index in [1.165, 1.54) is 5.41 Å². The van der Waals surface area contributed by atoms with Gasteiger partial charge >= 0.3 is 0 Å². The molecule has 0 spiro atoms. The lowest BCUT2D eigenvalue weighted by atomic mass is 10.1. The van der Waals surface area contributed by atoms with Crippen LogP contribution >= 0.6 is 24.8 Å². The van der Waals surface area contributed by atoms with E-state index in [-0.39, 0.29) is 24.8 Å². The van der Waals surface area contributed by atoms with Crippen molar-refractivity contribution in [3.63, 3.8) is 0 Å². The van der Waals surface area contributed by atoms with E-state index in [0.717, 1.165) is 16.7 Å². The fraction of sp³-hybridized carbons (Fsp3) is 0.133. The van der Waals surface area contributed by atoms with Gasteiger partial charge in [-0.25, -0.2) is 8.42 Å². The first-order chi connectivity index (χ1) is 9.67. The number of aromatic nitrogens is 1. The van der Waals surface area contributed by atoms with Crippen molar-refractivity contribution >= 4 is 40.7 Å². The second-order valence-corrected chi connectivity index (χ2v) is 6.44. The maximum Gasteiger partial charge on any atom is 0.200 e. The first-order valence-corrected chi connectivity index (χ1v) is 7.86. The van der Waals surface area contributed by atoms with E-state index in [1.54, 1.807) is 24.4 Å². The average molecular weight is 359 g/mol. The van der Waals surface area contributed by atoms with E-state index in [0.29, 0.717) is 18.0 Å². The molecule has 0 saturated heterocycles. The van der Waals surface area contributed by atoms with E-state index < -0.39 is 9.84 Å². The molecule has 0 bridgehead atoms. The zero-order chi connectivity index (χ0) is 14.0. The molecule has 0 radical (unpaired) electrons. The Labute approximate surface area is 142 Å². The van der Waals surface area contributed by atoms with Crippen molar-refractivity contribution in [3.05, 3.63) is 64.8 Å². The van der Waals surface area contributed by atoms with Crippen LogP contribution in [-0.4, -0.2) is 13.4 Å². The molecule has 4 nitrogen and oxygen atoms in total. The summed E-state index contributed by atoms with van der Waals surface area (Å²) >= 11 is 0. The van der Waals surface area contributed by atoms with Gasteiger partial charge in [0.1, 0.15) is 0 Å². The molecule has 0 atom stereocenters. The quantitative estimate of drug-likeness (QED) is 0.912. The van der Waals surface area contributed by atoms with Crippen molar-refractivity contribution in [2.24, 2.45) is 0 Å². The van der Waals surface area contributed by atoms with Crippen LogP contribution < -0.4 is 5.32 Å². The van der Waals surface area contributed by atoms with Gasteiger partial charge in [0, 0.05) is 30.9 Å². The Balaban J connectivity index is 0.00000121. The van der Waals surface area contributed by atoms with Crippen molar-refractivity contribution < 1.29 is 8.42 Å². The molecule has 0 amide bonds. The second kappa shape index (κ2) is 7.74. The van der Waals surface area contributed by atoms with Gasteiger partial charge in [-0.3, -0.25) is 4.98 Å². The largest absolute Gasteiger partial charge is 0.309 e. The van der Waals surface area contributed by atoms with Crippen LogP contribution in [0.5, 0.6) is 0 Å². The van der Waals surface area contributed by atoms with Gasteiger partial charge in [-0.2, -0.15) is 0 Å². The highest BCUT2D eigenvalue weighted by Gasteiger charge is 2.22. The predicted molar refractivity (Wildman–Crippen MR) is 91.9 cm³/mol. The molecule has 3 rings (SSSR count). The summed E-state index contributed by atoms with van der Waals surface area (Å²) in [5.74, 6) is 0. The molecule has 1 aromatic carbocycles. The molecule has 1 aliphatic heterocycles. The summed E-state index contributed by atoms with van der Waals surface area (Å²) in [6.45, 7) is 1.33. The van der Waals surface area contributed by atoms with Crippen molar-refractivity contribution in [1.29, 1.82) is 0 Å². The molecule has 2 aromatic rings. The monoisotopic (exact) mass is 358 g/mol. The number of benzene rings is 1. The topological polar surface area (TPSA) is 59.1 Å². The Hall–Kier alpha value is -1.40. The predicted octanol–water partition coefficient (Wildman–Crippen LogP) is 2.97. The van der Waals surface area contributed by atoms with E-state index in [1.807, 2.05) is 24.4 Å². The highest BCUT2D eigenvalue weighted by atomic mass is 35.5. The van der Waals surface area contributed by atoms with Gasteiger partial charge < -0.3 is 5.32 Å². The zero-order valence-corrected chi connectivity index (χ0v) is 14.0. The summed E-state index contributed by atoms with van der Waals surface area (Å²) < 4.78 is 23.6. The van der Waals surface area contributed by atoms with Crippen LogP contribution in [-0.2, 0) is 22.9 Å². The second-order valence-electron chi connectivity index (χ2n) is 4.64. The summed E-state index contributed by atoms with van der Waals surface area (Å²) in [4.78, 5) is 4.46. The maximum absolute atomic E-state index is 11.8. The lowest BCUT2D eigenvalue weighted by Crippen LogP contribution is -2.13. The highest BCUT2D eigenvalue weighted by Crippen LogP contribution is 2.29. The third-order valence-electron chi connectivity index (χ3n) is 3.24. The van der Waals surface area contributed by atoms with Crippen LogP contribution in [0.15, 0.2) is 53.0 Å².